The van der Waals surface area contributed by atoms with E-state index in [1.807, 2.05) is 0 Å². The minimum atomic E-state index is -3.51. The maximum absolute atomic E-state index is 15.0. The Hall–Kier alpha value is -4.37. The molecule has 0 radical (unpaired) electrons. The lowest BCUT2D eigenvalue weighted by Gasteiger charge is -2.19. The molecule has 38 heavy (non-hydrogen) atoms. The maximum Gasteiger partial charge on any atom is 0.319 e. The number of pyridine rings is 1. The molecule has 0 bridgehead atoms. The van der Waals surface area contributed by atoms with Crippen molar-refractivity contribution >= 4 is 11.3 Å². The Kier molecular flexibility index (Phi) is 6.32. The van der Waals surface area contributed by atoms with Gasteiger partial charge in [0.2, 0.25) is 17.7 Å². The monoisotopic (exact) mass is 541 g/mol. The third-order valence-electron chi connectivity index (χ3n) is 5.75. The molecule has 0 saturated carbocycles. The van der Waals surface area contributed by atoms with E-state index in [0.29, 0.717) is 12.3 Å². The molecule has 0 unspecified atom stereocenters. The summed E-state index contributed by atoms with van der Waals surface area (Å²) >= 11 is 0. The van der Waals surface area contributed by atoms with Gasteiger partial charge in [0.15, 0.2) is 17.6 Å². The highest BCUT2D eigenvalue weighted by molar-refractivity contribution is 5.76. The summed E-state index contributed by atoms with van der Waals surface area (Å²) in [5.74, 6) is -6.24. The molecule has 200 valence electrons. The van der Waals surface area contributed by atoms with E-state index < -0.39 is 54.7 Å². The van der Waals surface area contributed by atoms with Crippen molar-refractivity contribution in [1.29, 1.82) is 0 Å². The number of imidazole rings is 1. The number of hydrogen-bond donors (Lipinski definition) is 0. The van der Waals surface area contributed by atoms with Crippen LogP contribution in [0.1, 0.15) is 12.0 Å². The van der Waals surface area contributed by atoms with Crippen molar-refractivity contribution in [2.45, 2.75) is 18.5 Å². The largest absolute Gasteiger partial charge is 0.480 e. The number of hydrogen-bond acceptors (Lipinski definition) is 9. The molecular formula is C22H17F6N7O3. The second-order valence-electron chi connectivity index (χ2n) is 8.10. The average molecular weight is 541 g/mol. The lowest BCUT2D eigenvalue weighted by Crippen LogP contribution is -2.36. The van der Waals surface area contributed by atoms with E-state index in [-0.39, 0.29) is 34.5 Å². The molecule has 0 N–H and O–H groups in total. The first-order valence-corrected chi connectivity index (χ1v) is 10.8. The van der Waals surface area contributed by atoms with Gasteiger partial charge >= 0.3 is 11.9 Å². The fourth-order valence-corrected chi connectivity index (χ4v) is 3.94. The molecule has 4 aromatic rings. The van der Waals surface area contributed by atoms with Crippen molar-refractivity contribution in [2.75, 3.05) is 32.2 Å². The summed E-state index contributed by atoms with van der Waals surface area (Å²) in [4.78, 5) is 16.7. The SMILES string of the molecule is COc1ncc(-c2cc(N3C[C@H](Oc4cc(C(F)F)c(F)cn4)C(F)(F)C3)c3ncc(F)n3n2)c(OC)n1. The Morgan fingerprint density at radius 3 is 2.53 bits per heavy atom. The van der Waals surface area contributed by atoms with Crippen LogP contribution < -0.4 is 19.1 Å². The number of fused-ring (bicyclic) bond motifs is 1. The minimum absolute atomic E-state index is 0.00992. The lowest BCUT2D eigenvalue weighted by atomic mass is 10.2. The quantitative estimate of drug-likeness (QED) is 0.324. The molecule has 5 rings (SSSR count). The van der Waals surface area contributed by atoms with Crippen LogP contribution in [0.2, 0.25) is 0 Å². The highest BCUT2D eigenvalue weighted by Gasteiger charge is 2.51. The number of anilines is 1. The molecule has 1 fully saturated rings. The van der Waals surface area contributed by atoms with Crippen molar-refractivity contribution < 1.29 is 40.6 Å². The normalized spacial score (nSPS) is 16.9. The van der Waals surface area contributed by atoms with E-state index in [2.05, 4.69) is 25.0 Å². The van der Waals surface area contributed by atoms with Crippen LogP contribution in [0, 0.1) is 11.8 Å². The summed E-state index contributed by atoms with van der Waals surface area (Å²) in [5.41, 5.74) is -0.771. The Labute approximate surface area is 209 Å². The second kappa shape index (κ2) is 9.50. The minimum Gasteiger partial charge on any atom is -0.480 e. The molecule has 0 aliphatic carbocycles. The molecule has 1 aliphatic heterocycles. The topological polar surface area (TPSA) is 99.8 Å². The van der Waals surface area contributed by atoms with Crippen LogP contribution in [0.25, 0.3) is 16.9 Å². The van der Waals surface area contributed by atoms with Crippen molar-refractivity contribution in [2.24, 2.45) is 0 Å². The van der Waals surface area contributed by atoms with Gasteiger partial charge in [0.1, 0.15) is 5.69 Å². The first-order valence-electron chi connectivity index (χ1n) is 10.8. The van der Waals surface area contributed by atoms with Gasteiger partial charge in [0, 0.05) is 12.3 Å². The van der Waals surface area contributed by atoms with Gasteiger partial charge in [-0.2, -0.15) is 19.0 Å². The fourth-order valence-electron chi connectivity index (χ4n) is 3.94. The fraction of sp³-hybridized carbons (Fsp3) is 0.318. The maximum atomic E-state index is 15.0. The Balaban J connectivity index is 1.53. The van der Waals surface area contributed by atoms with Gasteiger partial charge in [-0.05, 0) is 6.07 Å². The predicted molar refractivity (Wildman–Crippen MR) is 118 cm³/mol. The molecule has 1 aliphatic rings. The van der Waals surface area contributed by atoms with Crippen molar-refractivity contribution in [3.8, 4) is 29.0 Å². The summed E-state index contributed by atoms with van der Waals surface area (Å²) in [6, 6.07) is 1.93. The van der Waals surface area contributed by atoms with E-state index in [1.54, 1.807) is 0 Å². The smallest absolute Gasteiger partial charge is 0.319 e. The van der Waals surface area contributed by atoms with Crippen molar-refractivity contribution in [3.05, 3.63) is 48.1 Å². The van der Waals surface area contributed by atoms with Crippen LogP contribution in [0.3, 0.4) is 0 Å². The van der Waals surface area contributed by atoms with Crippen LogP contribution in [0.15, 0.2) is 30.7 Å². The number of ether oxygens (including phenoxy) is 3. The molecule has 16 heteroatoms. The molecular weight excluding hydrogens is 524 g/mol. The Bertz CT molecular complexity index is 1500. The molecule has 0 aromatic carbocycles. The third-order valence-corrected chi connectivity index (χ3v) is 5.75. The van der Waals surface area contributed by atoms with Gasteiger partial charge < -0.3 is 19.1 Å². The number of nitrogens with zero attached hydrogens (tertiary/aromatic N) is 7. The van der Waals surface area contributed by atoms with E-state index in [0.717, 1.165) is 10.7 Å². The van der Waals surface area contributed by atoms with E-state index >= 15 is 8.78 Å². The zero-order chi connectivity index (χ0) is 27.2. The Morgan fingerprint density at radius 1 is 1.03 bits per heavy atom. The molecule has 0 amide bonds. The summed E-state index contributed by atoms with van der Waals surface area (Å²) in [5, 5.41) is 4.18. The zero-order valence-corrected chi connectivity index (χ0v) is 19.6. The van der Waals surface area contributed by atoms with E-state index in [9.17, 15) is 17.6 Å². The Morgan fingerprint density at radius 2 is 1.82 bits per heavy atom. The van der Waals surface area contributed by atoms with E-state index in [4.69, 9.17) is 14.2 Å². The third kappa shape index (κ3) is 4.45. The average Bonchev–Trinajstić information content (AvgIpc) is 3.42. The molecule has 10 nitrogen and oxygen atoms in total. The number of aromatic nitrogens is 6. The summed E-state index contributed by atoms with van der Waals surface area (Å²) in [7, 11) is 2.67. The molecule has 1 atom stereocenters. The van der Waals surface area contributed by atoms with Gasteiger partial charge in [-0.1, -0.05) is 0 Å². The van der Waals surface area contributed by atoms with Crippen LogP contribution >= 0.6 is 0 Å². The standard InChI is InChI=1S/C22H17F6N7O3/c1-36-20-11(5-31-21(32-20)37-2)13-4-14(19-30-7-16(24)35(19)33-13)34-8-15(22(27,28)9-34)38-17-3-10(18(25)26)12(23)6-29-17/h3-7,15,18H,8-9H2,1-2H3/t15-/m0/s1. The van der Waals surface area contributed by atoms with Gasteiger partial charge in [0.25, 0.3) is 6.43 Å². The van der Waals surface area contributed by atoms with Crippen LogP contribution in [-0.2, 0) is 0 Å². The van der Waals surface area contributed by atoms with Crippen molar-refractivity contribution in [3.63, 3.8) is 0 Å². The number of methoxy groups -OCH3 is 2. The van der Waals surface area contributed by atoms with Crippen LogP contribution in [0.5, 0.6) is 17.8 Å². The van der Waals surface area contributed by atoms with Gasteiger partial charge in [0.05, 0.1) is 56.5 Å². The molecule has 5 heterocycles. The highest BCUT2D eigenvalue weighted by Crippen LogP contribution is 2.38. The second-order valence-corrected chi connectivity index (χ2v) is 8.10. The highest BCUT2D eigenvalue weighted by atomic mass is 19.3. The predicted octanol–water partition coefficient (Wildman–Crippen LogP) is 3.72. The summed E-state index contributed by atoms with van der Waals surface area (Å²) in [6.45, 7) is -1.37. The number of rotatable bonds is 7. The van der Waals surface area contributed by atoms with Gasteiger partial charge in [-0.3, -0.25) is 0 Å². The molecule has 0 spiro atoms. The van der Waals surface area contributed by atoms with E-state index in [1.165, 1.54) is 31.4 Å². The van der Waals surface area contributed by atoms with Crippen molar-refractivity contribution in [1.82, 2.24) is 29.5 Å². The van der Waals surface area contributed by atoms with Gasteiger partial charge in [-0.15, -0.1) is 0 Å². The first kappa shape index (κ1) is 25.3. The van der Waals surface area contributed by atoms with Crippen LogP contribution in [-0.4, -0.2) is 68.9 Å². The van der Waals surface area contributed by atoms with Gasteiger partial charge in [-0.25, -0.2) is 36.9 Å². The number of alkyl halides is 4. The molecule has 4 aromatic heterocycles. The summed E-state index contributed by atoms with van der Waals surface area (Å²) < 4.78 is 100. The lowest BCUT2D eigenvalue weighted by molar-refractivity contribution is -0.0610. The number of halogens is 6. The molecule has 1 saturated heterocycles. The zero-order valence-electron chi connectivity index (χ0n) is 19.6. The summed E-state index contributed by atoms with van der Waals surface area (Å²) in [6.07, 6.45) is -2.41. The first-order chi connectivity index (χ1) is 18.1. The van der Waals surface area contributed by atoms with Crippen LogP contribution in [0.4, 0.5) is 32.0 Å².